The molecule has 28 heavy (non-hydrogen) atoms. The van der Waals surface area contributed by atoms with Crippen LogP contribution in [0.5, 0.6) is 0 Å². The number of H-pyrrole nitrogens is 1. The van der Waals surface area contributed by atoms with Crippen molar-refractivity contribution in [2.75, 3.05) is 54.0 Å². The van der Waals surface area contributed by atoms with E-state index in [0.29, 0.717) is 5.82 Å². The lowest BCUT2D eigenvalue weighted by atomic mass is 10.1. The zero-order valence-corrected chi connectivity index (χ0v) is 15.7. The summed E-state index contributed by atoms with van der Waals surface area (Å²) in [6.45, 7) is 5.34. The molecule has 0 radical (unpaired) electrons. The SMILES string of the molecule is O=c1[nH]ccnc1N1CCN(c2ccc3ncnc(N4CCCC4)c3c2)CC1. The van der Waals surface area contributed by atoms with E-state index < -0.39 is 0 Å². The van der Waals surface area contributed by atoms with Crippen LogP contribution in [-0.2, 0) is 0 Å². The van der Waals surface area contributed by atoms with Crippen LogP contribution in [0.3, 0.4) is 0 Å². The van der Waals surface area contributed by atoms with Gasteiger partial charge >= 0.3 is 0 Å². The molecule has 8 heteroatoms. The Kier molecular flexibility index (Phi) is 4.31. The van der Waals surface area contributed by atoms with Crippen LogP contribution in [-0.4, -0.2) is 59.2 Å². The molecule has 2 aliphatic heterocycles. The fraction of sp³-hybridized carbons (Fsp3) is 0.400. The summed E-state index contributed by atoms with van der Waals surface area (Å²) in [5.74, 6) is 1.55. The van der Waals surface area contributed by atoms with Crippen LogP contribution < -0.4 is 20.3 Å². The molecule has 0 saturated carbocycles. The van der Waals surface area contributed by atoms with E-state index in [-0.39, 0.29) is 5.56 Å². The van der Waals surface area contributed by atoms with Crippen molar-refractivity contribution in [2.24, 2.45) is 0 Å². The molecule has 0 spiro atoms. The molecule has 2 fully saturated rings. The highest BCUT2D eigenvalue weighted by Gasteiger charge is 2.22. The third-order valence-electron chi connectivity index (χ3n) is 5.64. The first-order valence-electron chi connectivity index (χ1n) is 9.83. The Morgan fingerprint density at radius 3 is 2.36 bits per heavy atom. The van der Waals surface area contributed by atoms with Crippen molar-refractivity contribution in [3.63, 3.8) is 0 Å². The topological polar surface area (TPSA) is 81.2 Å². The second kappa shape index (κ2) is 7.10. The average molecular weight is 377 g/mol. The van der Waals surface area contributed by atoms with Crippen LogP contribution in [0.15, 0.2) is 41.7 Å². The molecule has 0 bridgehead atoms. The van der Waals surface area contributed by atoms with Gasteiger partial charge in [-0.3, -0.25) is 4.79 Å². The van der Waals surface area contributed by atoms with Gasteiger partial charge in [0, 0.05) is 62.7 Å². The third-order valence-corrected chi connectivity index (χ3v) is 5.64. The number of fused-ring (bicyclic) bond motifs is 1. The molecule has 0 amide bonds. The van der Waals surface area contributed by atoms with E-state index in [2.05, 4.69) is 52.8 Å². The van der Waals surface area contributed by atoms with Gasteiger partial charge in [-0.2, -0.15) is 0 Å². The van der Waals surface area contributed by atoms with E-state index in [1.54, 1.807) is 18.7 Å². The van der Waals surface area contributed by atoms with Crippen LogP contribution in [0.1, 0.15) is 12.8 Å². The van der Waals surface area contributed by atoms with Crippen molar-refractivity contribution < 1.29 is 0 Å². The molecule has 0 atom stereocenters. The number of nitrogens with zero attached hydrogens (tertiary/aromatic N) is 6. The molecule has 8 nitrogen and oxygen atoms in total. The molecule has 1 aromatic carbocycles. The maximum atomic E-state index is 12.0. The average Bonchev–Trinajstić information content (AvgIpc) is 3.28. The monoisotopic (exact) mass is 377 g/mol. The quantitative estimate of drug-likeness (QED) is 0.743. The normalized spacial score (nSPS) is 17.5. The van der Waals surface area contributed by atoms with E-state index in [9.17, 15) is 4.79 Å². The van der Waals surface area contributed by atoms with Gasteiger partial charge < -0.3 is 19.7 Å². The molecule has 2 aromatic heterocycles. The minimum atomic E-state index is -0.131. The van der Waals surface area contributed by atoms with Gasteiger partial charge in [0.25, 0.3) is 5.56 Å². The van der Waals surface area contributed by atoms with Crippen molar-refractivity contribution >= 4 is 28.2 Å². The Labute approximate surface area is 162 Å². The summed E-state index contributed by atoms with van der Waals surface area (Å²) in [5.41, 5.74) is 2.03. The van der Waals surface area contributed by atoms with E-state index >= 15 is 0 Å². The predicted octanol–water partition coefficient (Wildman–Crippen LogP) is 1.64. The van der Waals surface area contributed by atoms with E-state index in [1.165, 1.54) is 18.5 Å². The highest BCUT2D eigenvalue weighted by molar-refractivity contribution is 5.92. The molecule has 144 valence electrons. The number of aromatic amines is 1. The molecule has 1 N–H and O–H groups in total. The fourth-order valence-electron chi connectivity index (χ4n) is 4.15. The molecule has 2 aliphatic rings. The lowest BCUT2D eigenvalue weighted by Gasteiger charge is -2.36. The summed E-state index contributed by atoms with van der Waals surface area (Å²) in [5, 5.41) is 1.12. The number of aromatic nitrogens is 4. The predicted molar refractivity (Wildman–Crippen MR) is 110 cm³/mol. The number of piperazine rings is 1. The largest absolute Gasteiger partial charge is 0.368 e. The number of rotatable bonds is 3. The van der Waals surface area contributed by atoms with Gasteiger partial charge in [-0.25, -0.2) is 15.0 Å². The Hall–Kier alpha value is -3.16. The van der Waals surface area contributed by atoms with E-state index in [1.807, 2.05) is 0 Å². The van der Waals surface area contributed by atoms with Crippen LogP contribution in [0, 0.1) is 0 Å². The van der Waals surface area contributed by atoms with Crippen molar-refractivity contribution in [3.05, 3.63) is 47.3 Å². The first-order valence-corrected chi connectivity index (χ1v) is 9.83. The number of hydrogen-bond acceptors (Lipinski definition) is 7. The summed E-state index contributed by atoms with van der Waals surface area (Å²) in [6, 6.07) is 6.43. The van der Waals surface area contributed by atoms with Gasteiger partial charge in [0.1, 0.15) is 12.1 Å². The zero-order valence-electron chi connectivity index (χ0n) is 15.7. The molecule has 4 heterocycles. The number of benzene rings is 1. The van der Waals surface area contributed by atoms with Gasteiger partial charge in [0.2, 0.25) is 0 Å². The van der Waals surface area contributed by atoms with Gasteiger partial charge in [0.05, 0.1) is 5.52 Å². The second-order valence-corrected chi connectivity index (χ2v) is 7.31. The molecular formula is C20H23N7O. The van der Waals surface area contributed by atoms with Crippen LogP contribution >= 0.6 is 0 Å². The van der Waals surface area contributed by atoms with Gasteiger partial charge in [-0.1, -0.05) is 0 Å². The van der Waals surface area contributed by atoms with Crippen molar-refractivity contribution in [3.8, 4) is 0 Å². The minimum absolute atomic E-state index is 0.131. The Morgan fingerprint density at radius 1 is 0.821 bits per heavy atom. The standard InChI is InChI=1S/C20H23N7O/c28-20-19(21-5-6-22-20)27-11-9-25(10-12-27)15-3-4-17-16(13-15)18(24-14-23-17)26-7-1-2-8-26/h3-6,13-14H,1-2,7-12H2,(H,22,28). The first kappa shape index (κ1) is 17.0. The molecule has 5 rings (SSSR count). The number of anilines is 3. The molecule has 0 unspecified atom stereocenters. The highest BCUT2D eigenvalue weighted by Crippen LogP contribution is 2.30. The summed E-state index contributed by atoms with van der Waals surface area (Å²) < 4.78 is 0. The number of hydrogen-bond donors (Lipinski definition) is 1. The van der Waals surface area contributed by atoms with E-state index in [0.717, 1.165) is 56.0 Å². The third kappa shape index (κ3) is 3.04. The summed E-state index contributed by atoms with van der Waals surface area (Å²) in [4.78, 5) is 34.7. The van der Waals surface area contributed by atoms with Crippen molar-refractivity contribution in [1.29, 1.82) is 0 Å². The zero-order chi connectivity index (χ0) is 18.9. The second-order valence-electron chi connectivity index (χ2n) is 7.31. The van der Waals surface area contributed by atoms with Crippen LogP contribution in [0.25, 0.3) is 10.9 Å². The minimum Gasteiger partial charge on any atom is -0.368 e. The van der Waals surface area contributed by atoms with E-state index in [4.69, 9.17) is 0 Å². The van der Waals surface area contributed by atoms with Gasteiger partial charge in [0.15, 0.2) is 5.82 Å². The fourth-order valence-corrected chi connectivity index (χ4v) is 4.15. The molecule has 2 saturated heterocycles. The Morgan fingerprint density at radius 2 is 1.57 bits per heavy atom. The van der Waals surface area contributed by atoms with Crippen LogP contribution in [0.4, 0.5) is 17.3 Å². The lowest BCUT2D eigenvalue weighted by molar-refractivity contribution is 0.644. The maximum absolute atomic E-state index is 12.0. The Bertz CT molecular complexity index is 1040. The highest BCUT2D eigenvalue weighted by atomic mass is 16.1. The van der Waals surface area contributed by atoms with Crippen molar-refractivity contribution in [1.82, 2.24) is 19.9 Å². The summed E-state index contributed by atoms with van der Waals surface area (Å²) in [6.07, 6.45) is 7.31. The Balaban J connectivity index is 1.39. The van der Waals surface area contributed by atoms with Gasteiger partial charge in [-0.15, -0.1) is 0 Å². The van der Waals surface area contributed by atoms with Crippen LogP contribution in [0.2, 0.25) is 0 Å². The first-order chi connectivity index (χ1) is 13.8. The van der Waals surface area contributed by atoms with Crippen molar-refractivity contribution in [2.45, 2.75) is 12.8 Å². The molecule has 3 aromatic rings. The number of nitrogens with one attached hydrogen (secondary N) is 1. The molecular weight excluding hydrogens is 354 g/mol. The summed E-state index contributed by atoms with van der Waals surface area (Å²) in [7, 11) is 0. The summed E-state index contributed by atoms with van der Waals surface area (Å²) >= 11 is 0. The lowest BCUT2D eigenvalue weighted by Crippen LogP contribution is -2.48. The molecule has 0 aliphatic carbocycles. The van der Waals surface area contributed by atoms with Gasteiger partial charge in [-0.05, 0) is 31.0 Å². The maximum Gasteiger partial charge on any atom is 0.290 e. The smallest absolute Gasteiger partial charge is 0.290 e.